The minimum absolute atomic E-state index is 0.00148. The molecule has 11 heteroatoms. The van der Waals surface area contributed by atoms with E-state index in [0.29, 0.717) is 0 Å². The van der Waals surface area contributed by atoms with Crippen molar-refractivity contribution in [2.24, 2.45) is 0 Å². The number of alkyl halides is 3. The number of nitrogens with zero attached hydrogens (tertiary/aromatic N) is 4. The van der Waals surface area contributed by atoms with Gasteiger partial charge >= 0.3 is 18.2 Å². The fraction of sp³-hybridized carbons (Fsp3) is 0.280. The monoisotopic (exact) mass is 498 g/mol. The Kier molecular flexibility index (Phi) is 6.22. The number of ether oxygens (including phenoxy) is 1. The zero-order valence-electron chi connectivity index (χ0n) is 19.6. The summed E-state index contributed by atoms with van der Waals surface area (Å²) in [6.07, 6.45) is -4.42. The lowest BCUT2D eigenvalue weighted by Gasteiger charge is -2.45. The molecule has 0 saturated carbocycles. The zero-order valence-corrected chi connectivity index (χ0v) is 19.6. The second-order valence-electron chi connectivity index (χ2n) is 8.42. The number of rotatable bonds is 3. The molecule has 2 aromatic rings. The van der Waals surface area contributed by atoms with E-state index in [2.05, 4.69) is 0 Å². The fourth-order valence-corrected chi connectivity index (χ4v) is 4.53. The van der Waals surface area contributed by atoms with E-state index in [1.54, 1.807) is 7.05 Å². The molecule has 0 fully saturated rings. The summed E-state index contributed by atoms with van der Waals surface area (Å²) >= 11 is 0. The molecule has 0 bridgehead atoms. The molecule has 3 amide bonds. The van der Waals surface area contributed by atoms with Gasteiger partial charge in [-0.05, 0) is 35.9 Å². The van der Waals surface area contributed by atoms with E-state index in [1.807, 2.05) is 6.07 Å². The van der Waals surface area contributed by atoms with Crippen LogP contribution < -0.4 is 4.90 Å². The number of urea groups is 1. The van der Waals surface area contributed by atoms with Crippen LogP contribution in [0.4, 0.5) is 23.7 Å². The predicted octanol–water partition coefficient (Wildman–Crippen LogP) is 4.09. The van der Waals surface area contributed by atoms with Gasteiger partial charge in [0.15, 0.2) is 0 Å². The number of carbonyl (C=O) groups is 3. The largest absolute Gasteiger partial charge is 0.465 e. The predicted molar refractivity (Wildman–Crippen MR) is 122 cm³/mol. The highest BCUT2D eigenvalue weighted by Gasteiger charge is 2.46. The number of amides is 3. The first kappa shape index (κ1) is 24.8. The fourth-order valence-electron chi connectivity index (χ4n) is 4.53. The Hall–Kier alpha value is -4.33. The van der Waals surface area contributed by atoms with Crippen LogP contribution in [0.2, 0.25) is 0 Å². The molecule has 2 aliphatic heterocycles. The lowest BCUT2D eigenvalue weighted by atomic mass is 9.86. The number of halogens is 3. The molecule has 0 spiro atoms. The first-order valence-electron chi connectivity index (χ1n) is 10.8. The Balaban J connectivity index is 1.97. The van der Waals surface area contributed by atoms with Crippen molar-refractivity contribution in [1.29, 1.82) is 5.26 Å². The molecule has 0 aliphatic carbocycles. The minimum atomic E-state index is -4.62. The average molecular weight is 498 g/mol. The van der Waals surface area contributed by atoms with E-state index in [0.717, 1.165) is 17.0 Å². The van der Waals surface area contributed by atoms with Crippen LogP contribution in [0.15, 0.2) is 53.7 Å². The van der Waals surface area contributed by atoms with E-state index in [-0.39, 0.29) is 46.6 Å². The van der Waals surface area contributed by atoms with Gasteiger partial charge < -0.3 is 14.5 Å². The number of methoxy groups -OCH3 is 1. The van der Waals surface area contributed by atoms with Gasteiger partial charge in [0.1, 0.15) is 0 Å². The highest BCUT2D eigenvalue weighted by Crippen LogP contribution is 2.44. The molecule has 0 N–H and O–H groups in total. The Labute approximate surface area is 204 Å². The van der Waals surface area contributed by atoms with Gasteiger partial charge in [-0.15, -0.1) is 0 Å². The maximum atomic E-state index is 13.6. The zero-order chi connectivity index (χ0) is 26.4. The van der Waals surface area contributed by atoms with Gasteiger partial charge in [0.2, 0.25) is 0 Å². The van der Waals surface area contributed by atoms with Crippen molar-refractivity contribution in [3.05, 3.63) is 76.0 Å². The van der Waals surface area contributed by atoms with Crippen LogP contribution in [0, 0.1) is 11.3 Å². The maximum Gasteiger partial charge on any atom is 0.416 e. The lowest BCUT2D eigenvalue weighted by Crippen LogP contribution is -2.53. The summed E-state index contributed by atoms with van der Waals surface area (Å²) in [5.41, 5.74) is -0.116. The van der Waals surface area contributed by atoms with Gasteiger partial charge in [0, 0.05) is 32.8 Å². The quantitative estimate of drug-likeness (QED) is 0.595. The summed E-state index contributed by atoms with van der Waals surface area (Å²) in [6.45, 7) is 0.244. The van der Waals surface area contributed by atoms with Crippen LogP contribution in [0.1, 0.15) is 39.5 Å². The Morgan fingerprint density at radius 2 is 1.86 bits per heavy atom. The van der Waals surface area contributed by atoms with Gasteiger partial charge in [-0.3, -0.25) is 9.69 Å². The first-order valence-corrected chi connectivity index (χ1v) is 10.8. The molecule has 2 aromatic carbocycles. The summed E-state index contributed by atoms with van der Waals surface area (Å²) < 4.78 is 45.1. The third kappa shape index (κ3) is 4.04. The SMILES string of the molecule is COC(=O)c1cc(C#N)ccc1C1C2=C(CCN(C)C2=O)N(c2cccc(C(F)(F)F)c2)C(=O)N1C. The molecular formula is C25H21F3N4O4. The standard InChI is InChI=1S/C25H21F3N4O4/c1-30-10-9-19-20(22(30)33)21(17-8-7-14(13-29)11-18(17)23(34)36-3)31(2)24(35)32(19)16-6-4-5-15(12-16)25(26,27)28/h4-8,11-12,21H,9-10H2,1-3H3. The van der Waals surface area contributed by atoms with E-state index >= 15 is 0 Å². The van der Waals surface area contributed by atoms with Crippen molar-refractivity contribution in [2.45, 2.75) is 18.6 Å². The molecule has 2 aliphatic rings. The highest BCUT2D eigenvalue weighted by molar-refractivity contribution is 6.06. The molecular weight excluding hydrogens is 477 g/mol. The van der Waals surface area contributed by atoms with Gasteiger partial charge in [-0.2, -0.15) is 18.4 Å². The number of anilines is 1. The summed E-state index contributed by atoms with van der Waals surface area (Å²) in [5, 5.41) is 9.29. The molecule has 0 radical (unpaired) electrons. The van der Waals surface area contributed by atoms with Crippen molar-refractivity contribution in [1.82, 2.24) is 9.80 Å². The smallest absolute Gasteiger partial charge is 0.416 e. The molecule has 2 heterocycles. The molecule has 8 nitrogen and oxygen atoms in total. The Morgan fingerprint density at radius 1 is 1.14 bits per heavy atom. The van der Waals surface area contributed by atoms with Gasteiger partial charge in [0.05, 0.1) is 47.2 Å². The molecule has 4 rings (SSSR count). The van der Waals surface area contributed by atoms with Crippen LogP contribution in [-0.2, 0) is 15.7 Å². The molecule has 0 saturated heterocycles. The van der Waals surface area contributed by atoms with Crippen molar-refractivity contribution in [2.75, 3.05) is 32.6 Å². The number of hydrogen-bond donors (Lipinski definition) is 0. The van der Waals surface area contributed by atoms with Crippen molar-refractivity contribution >= 4 is 23.6 Å². The maximum absolute atomic E-state index is 13.6. The molecule has 186 valence electrons. The number of nitriles is 1. The van der Waals surface area contributed by atoms with E-state index in [9.17, 15) is 32.8 Å². The Bertz CT molecular complexity index is 1350. The first-order chi connectivity index (χ1) is 17.0. The number of benzene rings is 2. The lowest BCUT2D eigenvalue weighted by molar-refractivity contribution is -0.137. The molecule has 36 heavy (non-hydrogen) atoms. The second-order valence-corrected chi connectivity index (χ2v) is 8.42. The molecule has 0 aromatic heterocycles. The summed E-state index contributed by atoms with van der Waals surface area (Å²) in [4.78, 5) is 43.4. The normalized spacial score (nSPS) is 18.2. The summed E-state index contributed by atoms with van der Waals surface area (Å²) in [6, 6.07) is 8.81. The van der Waals surface area contributed by atoms with Crippen LogP contribution >= 0.6 is 0 Å². The van der Waals surface area contributed by atoms with Crippen molar-refractivity contribution < 1.29 is 32.3 Å². The van der Waals surface area contributed by atoms with E-state index in [1.165, 1.54) is 54.3 Å². The van der Waals surface area contributed by atoms with Crippen molar-refractivity contribution in [3.8, 4) is 6.07 Å². The van der Waals surface area contributed by atoms with Gasteiger partial charge in [-0.25, -0.2) is 9.59 Å². The molecule has 1 atom stereocenters. The number of likely N-dealkylation sites (N-methyl/N-ethyl adjacent to an activating group) is 2. The van der Waals surface area contributed by atoms with E-state index in [4.69, 9.17) is 4.74 Å². The third-order valence-corrected chi connectivity index (χ3v) is 6.31. The van der Waals surface area contributed by atoms with Crippen LogP contribution in [0.25, 0.3) is 0 Å². The van der Waals surface area contributed by atoms with Gasteiger partial charge in [0.25, 0.3) is 5.91 Å². The number of carbonyl (C=O) groups excluding carboxylic acids is 3. The van der Waals surface area contributed by atoms with Crippen LogP contribution in [0.3, 0.4) is 0 Å². The summed E-state index contributed by atoms with van der Waals surface area (Å²) in [7, 11) is 4.15. The third-order valence-electron chi connectivity index (χ3n) is 6.31. The summed E-state index contributed by atoms with van der Waals surface area (Å²) in [5.74, 6) is -1.19. The topological polar surface area (TPSA) is 94.0 Å². The Morgan fingerprint density at radius 3 is 2.50 bits per heavy atom. The highest BCUT2D eigenvalue weighted by atomic mass is 19.4. The van der Waals surface area contributed by atoms with Gasteiger partial charge in [-0.1, -0.05) is 12.1 Å². The van der Waals surface area contributed by atoms with Crippen molar-refractivity contribution in [3.63, 3.8) is 0 Å². The van der Waals surface area contributed by atoms with Crippen LogP contribution in [-0.4, -0.2) is 55.5 Å². The minimum Gasteiger partial charge on any atom is -0.465 e. The number of esters is 1. The average Bonchev–Trinajstić information content (AvgIpc) is 2.86. The number of hydrogen-bond acceptors (Lipinski definition) is 5. The van der Waals surface area contributed by atoms with E-state index < -0.39 is 35.7 Å². The molecule has 1 unspecified atom stereocenters. The second kappa shape index (κ2) is 9.03. The van der Waals surface area contributed by atoms with Crippen LogP contribution in [0.5, 0.6) is 0 Å².